The predicted molar refractivity (Wildman–Crippen MR) is 254 cm³/mol. The Morgan fingerprint density at radius 3 is 0.790 bits per heavy atom. The lowest BCUT2D eigenvalue weighted by atomic mass is 9.82. The minimum absolute atomic E-state index is 0.264. The molecule has 0 amide bonds. The number of benzene rings is 10. The van der Waals surface area contributed by atoms with Crippen molar-refractivity contribution in [3.8, 4) is 11.1 Å². The van der Waals surface area contributed by atoms with E-state index < -0.39 is 0 Å². The Morgan fingerprint density at radius 2 is 0.484 bits per heavy atom. The van der Waals surface area contributed by atoms with Gasteiger partial charge in [0.05, 0.1) is 11.1 Å². The average Bonchev–Trinajstić information content (AvgIpc) is 4.01. The highest BCUT2D eigenvalue weighted by Gasteiger charge is 2.39. The molecule has 0 radical (unpaired) electrons. The number of nitrogens with zero attached hydrogens (tertiary/aromatic N) is 2. The van der Waals surface area contributed by atoms with Crippen LogP contribution in [0.4, 0.5) is 0 Å². The highest BCUT2D eigenvalue weighted by molar-refractivity contribution is 6.31. The Kier molecular flexibility index (Phi) is 8.74. The van der Waals surface area contributed by atoms with E-state index >= 15 is 0 Å². The Bertz CT molecular complexity index is 3140. The highest BCUT2D eigenvalue weighted by Crippen LogP contribution is 2.51. The van der Waals surface area contributed by atoms with Crippen LogP contribution in [0.25, 0.3) is 54.2 Å². The summed E-state index contributed by atoms with van der Waals surface area (Å²) in [5.74, 6) is 1.23. The molecule has 2 aliphatic rings. The van der Waals surface area contributed by atoms with E-state index in [0.717, 1.165) is 87.6 Å². The van der Waals surface area contributed by atoms with Crippen molar-refractivity contribution in [3.05, 3.63) is 252 Å². The minimum Gasteiger partial charge on any atom is -0.467 e. The molecule has 0 N–H and O–H groups in total. The molecule has 4 nitrogen and oxygen atoms in total. The highest BCUT2D eigenvalue weighted by atomic mass is 16.5. The third-order valence-corrected chi connectivity index (χ3v) is 12.6. The first-order valence-electron chi connectivity index (χ1n) is 21.4. The predicted octanol–water partition coefficient (Wildman–Crippen LogP) is 14.5. The van der Waals surface area contributed by atoms with Crippen molar-refractivity contribution in [1.29, 1.82) is 0 Å². The van der Waals surface area contributed by atoms with E-state index in [1.54, 1.807) is 0 Å². The van der Waals surface area contributed by atoms with Crippen molar-refractivity contribution in [3.63, 3.8) is 0 Å². The van der Waals surface area contributed by atoms with Gasteiger partial charge < -0.3 is 9.47 Å². The largest absolute Gasteiger partial charge is 0.467 e. The molecule has 0 fully saturated rings. The molecule has 12 rings (SSSR count). The van der Waals surface area contributed by atoms with Crippen molar-refractivity contribution in [2.45, 2.75) is 24.3 Å². The van der Waals surface area contributed by atoms with Crippen molar-refractivity contribution < 1.29 is 9.47 Å². The molecule has 10 aromatic carbocycles. The zero-order valence-electron chi connectivity index (χ0n) is 33.8. The number of hydrogen-bond donors (Lipinski definition) is 0. The molecule has 294 valence electrons. The Labute approximate surface area is 360 Å². The minimum atomic E-state index is -0.333. The van der Waals surface area contributed by atoms with Crippen molar-refractivity contribution in [2.75, 3.05) is 0 Å². The van der Waals surface area contributed by atoms with E-state index in [1.807, 2.05) is 0 Å². The molecule has 0 unspecified atom stereocenters. The van der Waals surface area contributed by atoms with Crippen LogP contribution in [-0.2, 0) is 9.47 Å². The van der Waals surface area contributed by atoms with Crippen LogP contribution in [0.1, 0.15) is 57.7 Å². The maximum absolute atomic E-state index is 7.32. The summed E-state index contributed by atoms with van der Waals surface area (Å²) in [5.41, 5.74) is 8.37. The molecule has 0 spiro atoms. The van der Waals surface area contributed by atoms with Gasteiger partial charge in [-0.05, 0) is 65.3 Å². The molecule has 0 saturated heterocycles. The summed E-state index contributed by atoms with van der Waals surface area (Å²) in [5, 5.41) is 8.94. The van der Waals surface area contributed by atoms with E-state index in [4.69, 9.17) is 19.5 Å². The molecule has 0 aromatic heterocycles. The number of aliphatic imine (C=N–C) groups is 2. The SMILES string of the molecule is c1ccc([C@H]2OC(c3c(-c4c(C5=N[C@@H](c6ccccc6)[C@@H](c6ccccc6)O5)c5ccccc5c5ccccc45)c4ccccc4c4ccccc34)=N[C@H]2c2ccccc2)cc1. The lowest BCUT2D eigenvalue weighted by molar-refractivity contribution is 0.197. The van der Waals surface area contributed by atoms with Gasteiger partial charge in [-0.15, -0.1) is 0 Å². The van der Waals surface area contributed by atoms with Gasteiger partial charge in [0.15, 0.2) is 12.2 Å². The third kappa shape index (κ3) is 5.90. The van der Waals surface area contributed by atoms with Crippen molar-refractivity contribution in [1.82, 2.24) is 0 Å². The Hall–Kier alpha value is -7.82. The van der Waals surface area contributed by atoms with Crippen LogP contribution in [0.5, 0.6) is 0 Å². The van der Waals surface area contributed by atoms with Crippen molar-refractivity contribution >= 4 is 54.9 Å². The Morgan fingerprint density at radius 1 is 0.242 bits per heavy atom. The molecule has 62 heavy (non-hydrogen) atoms. The van der Waals surface area contributed by atoms with Crippen LogP contribution >= 0.6 is 0 Å². The first-order valence-corrected chi connectivity index (χ1v) is 21.4. The first kappa shape index (κ1) is 36.1. The monoisotopic (exact) mass is 796 g/mol. The topological polar surface area (TPSA) is 43.2 Å². The van der Waals surface area contributed by atoms with Crippen LogP contribution in [-0.4, -0.2) is 11.8 Å². The molecule has 4 heteroatoms. The number of ether oxygens (including phenoxy) is 2. The van der Waals surface area contributed by atoms with Crippen LogP contribution < -0.4 is 0 Å². The van der Waals surface area contributed by atoms with E-state index in [0.29, 0.717) is 11.8 Å². The van der Waals surface area contributed by atoms with Crippen LogP contribution in [0, 0.1) is 0 Å². The zero-order valence-corrected chi connectivity index (χ0v) is 33.8. The molecule has 2 heterocycles. The van der Waals surface area contributed by atoms with E-state index in [2.05, 4.69) is 218 Å². The fourth-order valence-corrected chi connectivity index (χ4v) is 9.90. The van der Waals surface area contributed by atoms with Gasteiger partial charge in [-0.1, -0.05) is 218 Å². The summed E-state index contributed by atoms with van der Waals surface area (Å²) in [6.07, 6.45) is -0.666. The summed E-state index contributed by atoms with van der Waals surface area (Å²) in [4.78, 5) is 11.3. The summed E-state index contributed by atoms with van der Waals surface area (Å²) >= 11 is 0. The van der Waals surface area contributed by atoms with Gasteiger partial charge in [0.2, 0.25) is 11.8 Å². The average molecular weight is 797 g/mol. The summed E-state index contributed by atoms with van der Waals surface area (Å²) < 4.78 is 14.6. The molecular formula is C58H40N2O2. The zero-order chi connectivity index (χ0) is 41.0. The second kappa shape index (κ2) is 15.0. The molecule has 0 saturated carbocycles. The second-order valence-corrected chi connectivity index (χ2v) is 16.2. The third-order valence-electron chi connectivity index (χ3n) is 12.6. The molecule has 2 aliphatic heterocycles. The summed E-state index contributed by atoms with van der Waals surface area (Å²) in [7, 11) is 0. The van der Waals surface area contributed by atoms with Gasteiger partial charge in [0.1, 0.15) is 12.1 Å². The normalized spacial score (nSPS) is 18.5. The summed E-state index contributed by atoms with van der Waals surface area (Å²) in [6, 6.07) is 76.5. The molecule has 10 aromatic rings. The van der Waals surface area contributed by atoms with Crippen LogP contribution in [0.15, 0.2) is 228 Å². The van der Waals surface area contributed by atoms with Gasteiger partial charge in [0, 0.05) is 11.1 Å². The fourth-order valence-electron chi connectivity index (χ4n) is 9.90. The Balaban J connectivity index is 1.21. The van der Waals surface area contributed by atoms with Gasteiger partial charge in [0.25, 0.3) is 0 Å². The number of hydrogen-bond acceptors (Lipinski definition) is 4. The van der Waals surface area contributed by atoms with Crippen LogP contribution in [0.2, 0.25) is 0 Å². The lowest BCUT2D eigenvalue weighted by Crippen LogP contribution is -2.13. The van der Waals surface area contributed by atoms with Gasteiger partial charge in [-0.2, -0.15) is 0 Å². The summed E-state index contributed by atoms with van der Waals surface area (Å²) in [6.45, 7) is 0. The van der Waals surface area contributed by atoms with E-state index in [9.17, 15) is 0 Å². The lowest BCUT2D eigenvalue weighted by Gasteiger charge is -2.24. The maximum atomic E-state index is 7.32. The quantitative estimate of drug-likeness (QED) is 0.151. The van der Waals surface area contributed by atoms with Crippen LogP contribution in [0.3, 0.4) is 0 Å². The molecular weight excluding hydrogens is 757 g/mol. The molecule has 0 aliphatic carbocycles. The van der Waals surface area contributed by atoms with E-state index in [-0.39, 0.29) is 24.3 Å². The second-order valence-electron chi connectivity index (χ2n) is 16.2. The number of fused-ring (bicyclic) bond motifs is 6. The number of rotatable bonds is 7. The standard InChI is InChI=1S/C58H40N2O2/c1-5-21-37(22-6-1)53-55(39-25-9-3-10-26-39)61-57(59-53)51-47-35-19-15-31-43(47)41-29-13-17-33-45(41)49(51)50-46-34-18-14-30-42(46)44-32-16-20-36-48(44)52(50)58-60-54(38-23-7-2-8-24-38)56(62-58)40-27-11-4-12-28-40/h1-36,53-56H/t53-,54-,55+,56+/m0/s1. The van der Waals surface area contributed by atoms with Gasteiger partial charge in [-0.3, -0.25) is 0 Å². The van der Waals surface area contributed by atoms with Gasteiger partial charge in [-0.25, -0.2) is 9.98 Å². The smallest absolute Gasteiger partial charge is 0.218 e. The van der Waals surface area contributed by atoms with Crippen molar-refractivity contribution in [2.24, 2.45) is 9.98 Å². The maximum Gasteiger partial charge on any atom is 0.218 e. The molecule has 0 bridgehead atoms. The fraction of sp³-hybridized carbons (Fsp3) is 0.0690. The van der Waals surface area contributed by atoms with Gasteiger partial charge >= 0.3 is 0 Å². The first-order chi connectivity index (χ1) is 30.8. The van der Waals surface area contributed by atoms with E-state index in [1.165, 1.54) is 0 Å². The molecule has 4 atom stereocenters.